The molecular formula is C16H8Cl2N6O7. The molecule has 0 saturated carbocycles. The smallest absolute Gasteiger partial charge is 0.288 e. The number of hydrogen-bond donors (Lipinski definition) is 2. The van der Waals surface area contributed by atoms with Crippen molar-refractivity contribution in [3.63, 3.8) is 0 Å². The first-order valence-electron chi connectivity index (χ1n) is 8.00. The second-order valence-electron chi connectivity index (χ2n) is 5.72. The highest BCUT2D eigenvalue weighted by atomic mass is 35.5. The number of carbonyl (C=O) groups is 2. The van der Waals surface area contributed by atoms with Crippen molar-refractivity contribution < 1.29 is 24.1 Å². The SMILES string of the molecule is O=C(Nc1nonc1NC(=O)c1ccc(Cl)c([N+](=O)[O-])c1)c1ccc(Cl)c([N+](=O)[O-])c1. The molecule has 0 atom stereocenters. The van der Waals surface area contributed by atoms with Crippen LogP contribution in [0.15, 0.2) is 41.0 Å². The molecule has 0 bridgehead atoms. The molecule has 1 heterocycles. The molecule has 13 nitrogen and oxygen atoms in total. The Balaban J connectivity index is 1.79. The fraction of sp³-hybridized carbons (Fsp3) is 0. The molecular weight excluding hydrogens is 459 g/mol. The summed E-state index contributed by atoms with van der Waals surface area (Å²) in [7, 11) is 0. The molecule has 0 saturated heterocycles. The average Bonchev–Trinajstić information content (AvgIpc) is 3.14. The topological polar surface area (TPSA) is 183 Å². The zero-order chi connectivity index (χ0) is 22.7. The Morgan fingerprint density at radius 3 is 1.55 bits per heavy atom. The van der Waals surface area contributed by atoms with E-state index in [9.17, 15) is 29.8 Å². The molecule has 158 valence electrons. The highest BCUT2D eigenvalue weighted by Gasteiger charge is 2.22. The summed E-state index contributed by atoms with van der Waals surface area (Å²) in [5.74, 6) is -2.26. The average molecular weight is 467 g/mol. The normalized spacial score (nSPS) is 10.4. The second-order valence-corrected chi connectivity index (χ2v) is 6.53. The lowest BCUT2D eigenvalue weighted by atomic mass is 10.2. The van der Waals surface area contributed by atoms with Crippen LogP contribution in [0.3, 0.4) is 0 Å². The predicted molar refractivity (Wildman–Crippen MR) is 106 cm³/mol. The van der Waals surface area contributed by atoms with Crippen molar-refractivity contribution in [1.29, 1.82) is 0 Å². The fourth-order valence-electron chi connectivity index (χ4n) is 2.30. The van der Waals surface area contributed by atoms with Gasteiger partial charge in [0.15, 0.2) is 0 Å². The van der Waals surface area contributed by atoms with Gasteiger partial charge in [-0.05, 0) is 34.6 Å². The van der Waals surface area contributed by atoms with Gasteiger partial charge in [0.25, 0.3) is 23.2 Å². The predicted octanol–water partition coefficient (Wildman–Crippen LogP) is 3.70. The molecule has 0 aliphatic heterocycles. The summed E-state index contributed by atoms with van der Waals surface area (Å²) in [6.45, 7) is 0. The maximum Gasteiger partial charge on any atom is 0.288 e. The van der Waals surface area contributed by atoms with E-state index in [0.29, 0.717) is 0 Å². The number of hydrogen-bond acceptors (Lipinski definition) is 9. The summed E-state index contributed by atoms with van der Waals surface area (Å²) in [6, 6.07) is 6.73. The van der Waals surface area contributed by atoms with Crippen molar-refractivity contribution in [2.24, 2.45) is 0 Å². The van der Waals surface area contributed by atoms with Crippen LogP contribution in [0.25, 0.3) is 0 Å². The minimum Gasteiger partial charge on any atom is -0.300 e. The van der Waals surface area contributed by atoms with Crippen LogP contribution in [0.5, 0.6) is 0 Å². The van der Waals surface area contributed by atoms with Crippen LogP contribution < -0.4 is 10.6 Å². The molecule has 0 fully saturated rings. The molecule has 3 rings (SSSR count). The van der Waals surface area contributed by atoms with Crippen molar-refractivity contribution in [3.8, 4) is 0 Å². The van der Waals surface area contributed by atoms with Crippen LogP contribution in [-0.4, -0.2) is 32.0 Å². The monoisotopic (exact) mass is 466 g/mol. The number of carbonyl (C=O) groups excluding carboxylic acids is 2. The van der Waals surface area contributed by atoms with Gasteiger partial charge < -0.3 is 10.6 Å². The molecule has 2 N–H and O–H groups in total. The molecule has 0 aliphatic carbocycles. The third-order valence-electron chi connectivity index (χ3n) is 3.76. The van der Waals surface area contributed by atoms with Crippen LogP contribution in [-0.2, 0) is 0 Å². The lowest BCUT2D eigenvalue weighted by Crippen LogP contribution is -2.17. The molecule has 2 aromatic carbocycles. The van der Waals surface area contributed by atoms with E-state index in [0.717, 1.165) is 12.1 Å². The van der Waals surface area contributed by atoms with Gasteiger partial charge in [-0.25, -0.2) is 4.63 Å². The van der Waals surface area contributed by atoms with Crippen LogP contribution >= 0.6 is 23.2 Å². The maximum absolute atomic E-state index is 12.4. The fourth-order valence-corrected chi connectivity index (χ4v) is 2.67. The van der Waals surface area contributed by atoms with Gasteiger partial charge in [0.2, 0.25) is 11.6 Å². The van der Waals surface area contributed by atoms with Gasteiger partial charge in [0.05, 0.1) is 9.85 Å². The minimum absolute atomic E-state index is 0.121. The van der Waals surface area contributed by atoms with Gasteiger partial charge in [-0.1, -0.05) is 23.2 Å². The Morgan fingerprint density at radius 2 is 1.19 bits per heavy atom. The van der Waals surface area contributed by atoms with Crippen molar-refractivity contribution >= 4 is 58.0 Å². The van der Waals surface area contributed by atoms with E-state index in [1.165, 1.54) is 24.3 Å². The molecule has 0 spiro atoms. The molecule has 3 aromatic rings. The lowest BCUT2D eigenvalue weighted by Gasteiger charge is -2.06. The summed E-state index contributed by atoms with van der Waals surface area (Å²) in [5.41, 5.74) is -1.20. The standard InChI is InChI=1S/C16H8Cl2N6O7/c17-9-3-1-7(5-11(9)23(27)28)15(25)19-13-14(22-31-21-13)20-16(26)8-2-4-10(18)12(6-8)24(29)30/h1-6H,(H,19,21,25)(H,20,22,26). The van der Waals surface area contributed by atoms with Crippen LogP contribution in [0.2, 0.25) is 10.0 Å². The van der Waals surface area contributed by atoms with Crippen molar-refractivity contribution in [1.82, 2.24) is 10.3 Å². The first-order valence-corrected chi connectivity index (χ1v) is 8.76. The molecule has 0 unspecified atom stereocenters. The second kappa shape index (κ2) is 8.73. The number of rotatable bonds is 6. The summed E-state index contributed by atoms with van der Waals surface area (Å²) in [5, 5.41) is 33.0. The summed E-state index contributed by atoms with van der Waals surface area (Å²) >= 11 is 11.4. The van der Waals surface area contributed by atoms with Gasteiger partial charge in [-0.3, -0.25) is 29.8 Å². The first kappa shape index (κ1) is 21.6. The number of nitro groups is 2. The van der Waals surface area contributed by atoms with Gasteiger partial charge in [0, 0.05) is 23.3 Å². The summed E-state index contributed by atoms with van der Waals surface area (Å²) in [6.07, 6.45) is 0. The van der Waals surface area contributed by atoms with Gasteiger partial charge in [0.1, 0.15) is 10.0 Å². The zero-order valence-electron chi connectivity index (χ0n) is 14.9. The highest BCUT2D eigenvalue weighted by molar-refractivity contribution is 6.33. The number of halogens is 2. The highest BCUT2D eigenvalue weighted by Crippen LogP contribution is 2.27. The van der Waals surface area contributed by atoms with Crippen LogP contribution in [0.4, 0.5) is 23.0 Å². The number of nitrogens with zero attached hydrogens (tertiary/aromatic N) is 4. The maximum atomic E-state index is 12.4. The lowest BCUT2D eigenvalue weighted by molar-refractivity contribution is -0.384. The number of nitrogens with one attached hydrogen (secondary N) is 2. The van der Waals surface area contributed by atoms with Crippen LogP contribution in [0, 0.1) is 20.2 Å². The third kappa shape index (κ3) is 4.73. The summed E-state index contributed by atoms with van der Waals surface area (Å²) in [4.78, 5) is 45.2. The molecule has 15 heteroatoms. The van der Waals surface area contributed by atoms with E-state index in [1.807, 2.05) is 0 Å². The van der Waals surface area contributed by atoms with E-state index in [-0.39, 0.29) is 32.8 Å². The number of nitro benzene ring substituents is 2. The zero-order valence-corrected chi connectivity index (χ0v) is 16.4. The number of amides is 2. The molecule has 2 amide bonds. The number of aromatic nitrogens is 2. The minimum atomic E-state index is -0.826. The van der Waals surface area contributed by atoms with Crippen molar-refractivity contribution in [3.05, 3.63) is 77.8 Å². The Labute approximate surface area is 181 Å². The summed E-state index contributed by atoms with van der Waals surface area (Å²) < 4.78 is 4.49. The van der Waals surface area contributed by atoms with Crippen molar-refractivity contribution in [2.75, 3.05) is 10.6 Å². The number of benzene rings is 2. The van der Waals surface area contributed by atoms with Crippen LogP contribution in [0.1, 0.15) is 20.7 Å². The molecule has 0 radical (unpaired) electrons. The van der Waals surface area contributed by atoms with Gasteiger partial charge in [-0.15, -0.1) is 0 Å². The Morgan fingerprint density at radius 1 is 0.806 bits per heavy atom. The van der Waals surface area contributed by atoms with E-state index in [2.05, 4.69) is 25.6 Å². The van der Waals surface area contributed by atoms with Gasteiger partial charge >= 0.3 is 0 Å². The number of anilines is 2. The molecule has 0 aliphatic rings. The van der Waals surface area contributed by atoms with Crippen molar-refractivity contribution in [2.45, 2.75) is 0 Å². The third-order valence-corrected chi connectivity index (χ3v) is 4.40. The molecule has 31 heavy (non-hydrogen) atoms. The van der Waals surface area contributed by atoms with Gasteiger partial charge in [-0.2, -0.15) is 0 Å². The van der Waals surface area contributed by atoms with E-state index >= 15 is 0 Å². The van der Waals surface area contributed by atoms with E-state index in [1.54, 1.807) is 0 Å². The Bertz CT molecular complexity index is 1140. The molecule has 1 aromatic heterocycles. The first-order chi connectivity index (χ1) is 14.7. The van der Waals surface area contributed by atoms with E-state index in [4.69, 9.17) is 23.2 Å². The largest absolute Gasteiger partial charge is 0.300 e. The van der Waals surface area contributed by atoms with E-state index < -0.39 is 33.0 Å². The Hall–Kier alpha value is -4.10. The Kier molecular flexibility index (Phi) is 6.08. The quantitative estimate of drug-likeness (QED) is 0.403.